The highest BCUT2D eigenvalue weighted by atomic mass is 16.7. The molecule has 0 aliphatic carbocycles. The number of rotatable bonds is 19. The molecular weight excluding hydrogens is 672 g/mol. The van der Waals surface area contributed by atoms with Crippen molar-refractivity contribution in [1.29, 1.82) is 0 Å². The van der Waals surface area contributed by atoms with Gasteiger partial charge in [0.25, 0.3) is 0 Å². The number of nitrogens with zero attached hydrogens (tertiary/aromatic N) is 2. The lowest BCUT2D eigenvalue weighted by atomic mass is 10.0. The van der Waals surface area contributed by atoms with Gasteiger partial charge in [0.05, 0.1) is 0 Å². The van der Waals surface area contributed by atoms with Gasteiger partial charge in [0.15, 0.2) is 22.8 Å². The molecule has 52 heavy (non-hydrogen) atoms. The number of guanidine groups is 1. The fourth-order valence-corrected chi connectivity index (χ4v) is 4.91. The average Bonchev–Trinajstić information content (AvgIpc) is 3.15. The highest BCUT2D eigenvalue weighted by Crippen LogP contribution is 2.28. The first kappa shape index (κ1) is 38.2. The van der Waals surface area contributed by atoms with Crippen LogP contribution in [0.5, 0.6) is 11.5 Å². The fourth-order valence-electron chi connectivity index (χ4n) is 4.91. The zero-order chi connectivity index (χ0) is 37.1. The molecule has 15 nitrogen and oxygen atoms in total. The van der Waals surface area contributed by atoms with Crippen LogP contribution in [0.4, 0.5) is 4.79 Å². The van der Waals surface area contributed by atoms with E-state index in [4.69, 9.17) is 25.7 Å². The van der Waals surface area contributed by atoms with E-state index in [0.717, 1.165) is 11.1 Å². The number of amides is 2. The molecule has 0 heterocycles. The minimum absolute atomic E-state index is 0.0726. The zero-order valence-corrected chi connectivity index (χ0v) is 28.1. The smallest absolute Gasteiger partial charge is 0.408 e. The molecule has 0 fully saturated rings. The molecular formula is C37H40N6O9. The van der Waals surface area contributed by atoms with Gasteiger partial charge in [-0.1, -0.05) is 97.1 Å². The second-order valence-corrected chi connectivity index (χ2v) is 11.5. The number of nitrogens with one attached hydrogen (secondary N) is 2. The topological polar surface area (TPSA) is 226 Å². The summed E-state index contributed by atoms with van der Waals surface area (Å²) in [7, 11) is 0. The van der Waals surface area contributed by atoms with E-state index in [1.807, 2.05) is 42.5 Å². The third-order valence-corrected chi connectivity index (χ3v) is 7.51. The fraction of sp³-hybridized carbons (Fsp3) is 0.243. The first-order valence-corrected chi connectivity index (χ1v) is 16.2. The van der Waals surface area contributed by atoms with Crippen molar-refractivity contribution in [1.82, 2.24) is 10.6 Å². The predicted molar refractivity (Wildman–Crippen MR) is 190 cm³/mol. The Morgan fingerprint density at radius 2 is 1.27 bits per heavy atom. The Bertz CT molecular complexity index is 1770. The minimum Gasteiger partial charge on any atom is -0.504 e. The molecule has 3 atom stereocenters. The van der Waals surface area contributed by atoms with Crippen LogP contribution in [0.2, 0.25) is 0 Å². The van der Waals surface area contributed by atoms with Crippen LogP contribution in [0.3, 0.4) is 0 Å². The third-order valence-electron chi connectivity index (χ3n) is 7.51. The monoisotopic (exact) mass is 712 g/mol. The van der Waals surface area contributed by atoms with Crippen LogP contribution in [-0.2, 0) is 50.1 Å². The molecule has 0 aliphatic rings. The van der Waals surface area contributed by atoms with Crippen LogP contribution in [0.15, 0.2) is 120 Å². The molecule has 272 valence electrons. The Kier molecular flexibility index (Phi) is 14.8. The molecule has 2 amide bonds. The highest BCUT2D eigenvalue weighted by Gasteiger charge is 2.30. The number of phenols is 1. The lowest BCUT2D eigenvalue weighted by Gasteiger charge is -2.23. The van der Waals surface area contributed by atoms with E-state index in [1.165, 1.54) is 6.07 Å². The van der Waals surface area contributed by atoms with Gasteiger partial charge in [0, 0.05) is 12.8 Å². The Morgan fingerprint density at radius 3 is 1.85 bits per heavy atom. The summed E-state index contributed by atoms with van der Waals surface area (Å²) in [5.74, 6) is -1.91. The average molecular weight is 713 g/mol. The molecule has 0 bridgehead atoms. The molecule has 0 radical (unpaired) electrons. The Balaban J connectivity index is 1.54. The van der Waals surface area contributed by atoms with Crippen LogP contribution in [0, 0.1) is 4.91 Å². The van der Waals surface area contributed by atoms with Gasteiger partial charge < -0.3 is 46.3 Å². The summed E-state index contributed by atoms with van der Waals surface area (Å²) >= 11 is 0. The molecule has 0 aromatic heterocycles. The first-order chi connectivity index (χ1) is 25.2. The third kappa shape index (κ3) is 13.0. The number of hydrogen-bond donors (Lipinski definition) is 5. The lowest BCUT2D eigenvalue weighted by molar-refractivity contribution is -0.149. The SMILES string of the molecule is NC(N)=NC(CC[C@H](NC(=O)OCc1ccccc1)C(=O)N[C@@H](Cc1ccc(O)c(OCc2ccccc2)c1)C(=O)OCc1ccccc1)ON=O. The molecule has 0 spiro atoms. The number of nitrogens with two attached hydrogens (primary N) is 2. The number of phenolic OH excluding ortho intramolecular Hbond substituents is 1. The van der Waals surface area contributed by atoms with E-state index in [0.29, 0.717) is 11.1 Å². The molecule has 15 heteroatoms. The van der Waals surface area contributed by atoms with Gasteiger partial charge in [-0.15, -0.1) is 4.91 Å². The predicted octanol–water partition coefficient (Wildman–Crippen LogP) is 4.11. The van der Waals surface area contributed by atoms with Gasteiger partial charge in [-0.2, -0.15) is 0 Å². The van der Waals surface area contributed by atoms with Crippen molar-refractivity contribution in [2.75, 3.05) is 0 Å². The van der Waals surface area contributed by atoms with Crippen LogP contribution >= 0.6 is 0 Å². The summed E-state index contributed by atoms with van der Waals surface area (Å²) in [4.78, 5) is 59.5. The van der Waals surface area contributed by atoms with Crippen molar-refractivity contribution in [3.05, 3.63) is 136 Å². The van der Waals surface area contributed by atoms with E-state index in [1.54, 1.807) is 60.7 Å². The molecule has 0 saturated carbocycles. The number of hydrogen-bond acceptors (Lipinski definition) is 11. The number of esters is 1. The summed E-state index contributed by atoms with van der Waals surface area (Å²) in [5, 5.41) is 18.0. The second kappa shape index (κ2) is 20.1. The van der Waals surface area contributed by atoms with Crippen molar-refractivity contribution in [2.24, 2.45) is 21.8 Å². The molecule has 4 rings (SSSR count). The van der Waals surface area contributed by atoms with Crippen LogP contribution < -0.4 is 26.8 Å². The quantitative estimate of drug-likeness (QED) is 0.0306. The highest BCUT2D eigenvalue weighted by molar-refractivity contribution is 5.89. The number of carbonyl (C=O) groups is 3. The number of ether oxygens (including phenoxy) is 3. The minimum atomic E-state index is -1.33. The Labute approximate surface area is 299 Å². The normalized spacial score (nSPS) is 12.2. The van der Waals surface area contributed by atoms with E-state index >= 15 is 0 Å². The number of benzene rings is 4. The number of aromatic hydroxyl groups is 1. The van der Waals surface area contributed by atoms with Crippen LogP contribution in [-0.4, -0.2) is 47.3 Å². The van der Waals surface area contributed by atoms with E-state index in [9.17, 15) is 24.4 Å². The van der Waals surface area contributed by atoms with Gasteiger partial charge in [-0.25, -0.2) is 14.6 Å². The Morgan fingerprint density at radius 1 is 0.692 bits per heavy atom. The first-order valence-electron chi connectivity index (χ1n) is 16.2. The summed E-state index contributed by atoms with van der Waals surface area (Å²) in [6.45, 7) is 0.0194. The number of carbonyl (C=O) groups excluding carboxylic acids is 3. The van der Waals surface area contributed by atoms with E-state index in [2.05, 4.69) is 25.8 Å². The molecule has 1 unspecified atom stereocenters. The maximum Gasteiger partial charge on any atom is 0.408 e. The van der Waals surface area contributed by atoms with Gasteiger partial charge >= 0.3 is 12.1 Å². The van der Waals surface area contributed by atoms with Gasteiger partial charge in [-0.3, -0.25) is 4.79 Å². The summed E-state index contributed by atoms with van der Waals surface area (Å²) in [6.07, 6.45) is -2.60. The largest absolute Gasteiger partial charge is 0.504 e. The maximum absolute atomic E-state index is 13.8. The number of alkyl carbamates (subject to hydrolysis) is 1. The van der Waals surface area contributed by atoms with Gasteiger partial charge in [-0.05, 0) is 40.8 Å². The summed E-state index contributed by atoms with van der Waals surface area (Å²) in [6, 6.07) is 29.2. The van der Waals surface area contributed by atoms with Crippen molar-refractivity contribution in [3.8, 4) is 11.5 Å². The lowest BCUT2D eigenvalue weighted by Crippen LogP contribution is -2.52. The van der Waals surface area contributed by atoms with Crippen molar-refractivity contribution < 1.29 is 38.5 Å². The molecule has 4 aromatic carbocycles. The molecule has 0 saturated heterocycles. The van der Waals surface area contributed by atoms with E-state index < -0.39 is 42.2 Å². The van der Waals surface area contributed by atoms with Gasteiger partial charge in [0.1, 0.15) is 31.9 Å². The summed E-state index contributed by atoms with van der Waals surface area (Å²) < 4.78 is 16.7. The van der Waals surface area contributed by atoms with Crippen LogP contribution in [0.1, 0.15) is 35.1 Å². The van der Waals surface area contributed by atoms with Gasteiger partial charge in [0.2, 0.25) is 12.1 Å². The summed E-state index contributed by atoms with van der Waals surface area (Å²) in [5.41, 5.74) is 13.7. The van der Waals surface area contributed by atoms with Crippen molar-refractivity contribution in [3.63, 3.8) is 0 Å². The van der Waals surface area contributed by atoms with Crippen LogP contribution in [0.25, 0.3) is 0 Å². The van der Waals surface area contributed by atoms with Crippen molar-refractivity contribution in [2.45, 2.75) is 57.4 Å². The van der Waals surface area contributed by atoms with Crippen molar-refractivity contribution >= 4 is 23.9 Å². The molecule has 4 aromatic rings. The standard InChI is InChI=1S/C37H40N6O9/c38-36(39)42-33(52-43-48)19-17-29(41-37(47)51-24-27-14-8-3-9-15-27)34(45)40-30(35(46)50-23-26-12-6-2-7-13-26)20-28-16-18-31(44)32(21-28)49-22-25-10-4-1-5-11-25/h1-16,18,21,29-30,33,44H,17,19-20,22-24H2,(H,40,45)(H,41,47)(H4,38,39,42)/t29-,30-,33?/m0/s1. The number of aliphatic imine (C=N–C) groups is 1. The zero-order valence-electron chi connectivity index (χ0n) is 28.1. The molecule has 7 N–H and O–H groups in total. The maximum atomic E-state index is 13.8. The molecule has 0 aliphatic heterocycles. The van der Waals surface area contributed by atoms with E-state index in [-0.39, 0.29) is 50.6 Å². The Hall–Kier alpha value is -6.64. The second-order valence-electron chi connectivity index (χ2n) is 11.5.